The Morgan fingerprint density at radius 2 is 1.87 bits per heavy atom. The van der Waals surface area contributed by atoms with Crippen LogP contribution < -0.4 is 4.90 Å². The highest BCUT2D eigenvalue weighted by molar-refractivity contribution is 6.02. The lowest BCUT2D eigenvalue weighted by Crippen LogP contribution is -2.43. The highest BCUT2D eigenvalue weighted by Crippen LogP contribution is 2.29. The van der Waals surface area contributed by atoms with E-state index in [1.807, 2.05) is 30.3 Å². The summed E-state index contributed by atoms with van der Waals surface area (Å²) in [6.07, 6.45) is 3.90. The Bertz CT molecular complexity index is 913. The number of hydrogen-bond donors (Lipinski definition) is 3. The van der Waals surface area contributed by atoms with Crippen LogP contribution in [0.5, 0.6) is 0 Å². The molecule has 1 unspecified atom stereocenters. The molecule has 0 spiro atoms. The maximum atomic E-state index is 13.3. The van der Waals surface area contributed by atoms with E-state index in [0.29, 0.717) is 36.7 Å². The van der Waals surface area contributed by atoms with Crippen LogP contribution in [-0.2, 0) is 13.1 Å². The molecule has 0 radical (unpaired) electrons. The van der Waals surface area contributed by atoms with Crippen molar-refractivity contribution in [3.63, 3.8) is 0 Å². The minimum atomic E-state index is -1.12. The fourth-order valence-corrected chi connectivity index (χ4v) is 3.67. The van der Waals surface area contributed by atoms with Crippen LogP contribution in [0.15, 0.2) is 42.7 Å². The molecule has 1 fully saturated rings. The molecule has 1 aromatic heterocycles. The van der Waals surface area contributed by atoms with Crippen LogP contribution in [0.25, 0.3) is 0 Å². The Hall–Kier alpha value is -3.04. The number of hydrogen-bond acceptors (Lipinski definition) is 6. The van der Waals surface area contributed by atoms with Gasteiger partial charge in [-0.2, -0.15) is 10.1 Å². The van der Waals surface area contributed by atoms with Gasteiger partial charge in [-0.15, -0.1) is 0 Å². The topological polar surface area (TPSA) is 113 Å². The lowest BCUT2D eigenvalue weighted by atomic mass is 10.00. The van der Waals surface area contributed by atoms with Gasteiger partial charge >= 0.3 is 6.03 Å². The molecule has 9 nitrogen and oxygen atoms in total. The Balaban J connectivity index is 1.83. The Labute approximate surface area is 182 Å². The van der Waals surface area contributed by atoms with Crippen molar-refractivity contribution in [2.75, 3.05) is 11.4 Å². The van der Waals surface area contributed by atoms with E-state index >= 15 is 0 Å². The molecule has 3 rings (SSSR count). The largest absolute Gasteiger partial charge is 0.359 e. The van der Waals surface area contributed by atoms with Crippen molar-refractivity contribution in [1.29, 1.82) is 10.8 Å². The maximum Gasteiger partial charge on any atom is 0.342 e. The van der Waals surface area contributed by atoms with Crippen molar-refractivity contribution in [1.82, 2.24) is 19.8 Å². The molecule has 2 aromatic rings. The van der Waals surface area contributed by atoms with E-state index in [4.69, 9.17) is 10.8 Å². The minimum Gasteiger partial charge on any atom is -0.359 e. The van der Waals surface area contributed by atoms with Crippen molar-refractivity contribution in [2.45, 2.75) is 53.1 Å². The molecule has 0 aliphatic carbocycles. The van der Waals surface area contributed by atoms with Gasteiger partial charge in [-0.1, -0.05) is 43.7 Å². The lowest BCUT2D eigenvalue weighted by molar-refractivity contribution is -0.0761. The zero-order chi connectivity index (χ0) is 22.5. The molecular formula is C22H31N7O2. The number of urea groups is 1. The number of benzene rings is 1. The van der Waals surface area contributed by atoms with Crippen LogP contribution in [-0.4, -0.2) is 55.3 Å². The summed E-state index contributed by atoms with van der Waals surface area (Å²) in [4.78, 5) is 14.6. The third kappa shape index (κ3) is 5.00. The second kappa shape index (κ2) is 9.84. The van der Waals surface area contributed by atoms with Gasteiger partial charge < -0.3 is 15.9 Å². The number of hydrazine groups is 1. The summed E-state index contributed by atoms with van der Waals surface area (Å²) in [5.41, 5.74) is 2.25. The number of nitrogens with one attached hydrogen (secondary N) is 2. The van der Waals surface area contributed by atoms with E-state index in [9.17, 15) is 9.90 Å². The number of amides is 2. The number of rotatable bonds is 10. The fourth-order valence-electron chi connectivity index (χ4n) is 3.67. The number of unbranched alkanes of at least 4 members (excludes halogenated alkanes) is 1. The standard InChI is InChI=1S/C22H31N7O2/c1-4-5-11-27-21(30)29(22(31)28(27)13-18-9-7-6-8-10-18)19-12-25-26(14-19)15-20(16(2)23)17(3)24/h6-10,12,14,20-21,23-24,30H,4-5,11,13,15H2,1-3H3. The summed E-state index contributed by atoms with van der Waals surface area (Å²) in [7, 11) is 0. The van der Waals surface area contributed by atoms with Crippen LogP contribution in [0.1, 0.15) is 39.2 Å². The normalized spacial score (nSPS) is 17.9. The van der Waals surface area contributed by atoms with Gasteiger partial charge in [0.25, 0.3) is 0 Å². The van der Waals surface area contributed by atoms with Gasteiger partial charge in [-0.3, -0.25) is 4.68 Å². The first-order valence-electron chi connectivity index (χ1n) is 10.5. The van der Waals surface area contributed by atoms with Gasteiger partial charge in [0.1, 0.15) is 0 Å². The summed E-state index contributed by atoms with van der Waals surface area (Å²) >= 11 is 0. The summed E-state index contributed by atoms with van der Waals surface area (Å²) in [5, 5.41) is 34.4. The minimum absolute atomic E-state index is 0.310. The van der Waals surface area contributed by atoms with Crippen molar-refractivity contribution >= 4 is 23.1 Å². The smallest absolute Gasteiger partial charge is 0.342 e. The second-order valence-corrected chi connectivity index (χ2v) is 7.90. The zero-order valence-corrected chi connectivity index (χ0v) is 18.3. The predicted molar refractivity (Wildman–Crippen MR) is 120 cm³/mol. The number of carbonyl (C=O) groups excluding carboxylic acids is 1. The SMILES string of the molecule is CCCCN1C(O)N(c2cnn(CC(C(C)=N)C(C)=N)c2)C(=O)N1Cc1ccccc1. The van der Waals surface area contributed by atoms with Gasteiger partial charge in [0.05, 0.1) is 30.9 Å². The van der Waals surface area contributed by atoms with Gasteiger partial charge in [-0.25, -0.2) is 14.7 Å². The molecular weight excluding hydrogens is 394 g/mol. The monoisotopic (exact) mass is 425 g/mol. The second-order valence-electron chi connectivity index (χ2n) is 7.90. The molecule has 0 bridgehead atoms. The Kier molecular flexibility index (Phi) is 7.19. The van der Waals surface area contributed by atoms with E-state index in [-0.39, 0.29) is 11.9 Å². The average Bonchev–Trinajstić information content (AvgIpc) is 3.28. The van der Waals surface area contributed by atoms with Crippen LogP contribution in [0.4, 0.5) is 10.5 Å². The summed E-state index contributed by atoms with van der Waals surface area (Å²) < 4.78 is 1.62. The van der Waals surface area contributed by atoms with Gasteiger partial charge in [-0.05, 0) is 25.8 Å². The molecule has 1 saturated heterocycles. The molecule has 2 amide bonds. The lowest BCUT2D eigenvalue weighted by Gasteiger charge is -2.28. The van der Waals surface area contributed by atoms with Crippen LogP contribution in [0, 0.1) is 16.7 Å². The summed E-state index contributed by atoms with van der Waals surface area (Å²) in [6, 6.07) is 9.39. The molecule has 1 aromatic carbocycles. The predicted octanol–water partition coefficient (Wildman–Crippen LogP) is 3.31. The number of aromatic nitrogens is 2. The number of aliphatic hydroxyl groups excluding tert-OH is 1. The van der Waals surface area contributed by atoms with Crippen molar-refractivity contribution in [3.8, 4) is 0 Å². The first-order chi connectivity index (χ1) is 14.8. The van der Waals surface area contributed by atoms with Crippen molar-refractivity contribution in [2.24, 2.45) is 5.92 Å². The number of nitrogens with zero attached hydrogens (tertiary/aromatic N) is 5. The molecule has 1 aliphatic heterocycles. The van der Waals surface area contributed by atoms with Crippen LogP contribution in [0.2, 0.25) is 0 Å². The first-order valence-corrected chi connectivity index (χ1v) is 10.5. The van der Waals surface area contributed by atoms with Crippen molar-refractivity contribution < 1.29 is 9.90 Å². The average molecular weight is 426 g/mol. The van der Waals surface area contributed by atoms with E-state index in [0.717, 1.165) is 18.4 Å². The molecule has 166 valence electrons. The Morgan fingerprint density at radius 1 is 1.19 bits per heavy atom. The summed E-state index contributed by atoms with van der Waals surface area (Å²) in [6.45, 7) is 6.69. The quantitative estimate of drug-likeness (QED) is 0.507. The molecule has 3 N–H and O–H groups in total. The van der Waals surface area contributed by atoms with Gasteiger partial charge in [0, 0.05) is 24.2 Å². The maximum absolute atomic E-state index is 13.3. The molecule has 2 heterocycles. The van der Waals surface area contributed by atoms with Crippen LogP contribution in [0.3, 0.4) is 0 Å². The van der Waals surface area contributed by atoms with Crippen molar-refractivity contribution in [3.05, 3.63) is 48.3 Å². The zero-order valence-electron chi connectivity index (χ0n) is 18.3. The highest BCUT2D eigenvalue weighted by Gasteiger charge is 2.44. The van der Waals surface area contributed by atoms with E-state index < -0.39 is 6.35 Å². The highest BCUT2D eigenvalue weighted by atomic mass is 16.3. The van der Waals surface area contributed by atoms with E-state index in [1.54, 1.807) is 40.9 Å². The number of carbonyl (C=O) groups is 1. The van der Waals surface area contributed by atoms with Gasteiger partial charge in [0.2, 0.25) is 6.35 Å². The molecule has 9 heteroatoms. The molecule has 1 atom stereocenters. The number of anilines is 1. The molecule has 31 heavy (non-hydrogen) atoms. The summed E-state index contributed by atoms with van der Waals surface area (Å²) in [5.74, 6) is -0.345. The van der Waals surface area contributed by atoms with Crippen LogP contribution >= 0.6 is 0 Å². The fraction of sp³-hybridized carbons (Fsp3) is 0.455. The Morgan fingerprint density at radius 3 is 2.48 bits per heavy atom. The first kappa shape index (κ1) is 22.6. The number of aliphatic hydroxyl groups is 1. The van der Waals surface area contributed by atoms with E-state index in [1.165, 1.54) is 4.90 Å². The third-order valence-corrected chi connectivity index (χ3v) is 5.46. The van der Waals surface area contributed by atoms with E-state index in [2.05, 4.69) is 12.0 Å². The molecule has 1 aliphatic rings. The van der Waals surface area contributed by atoms with Gasteiger partial charge in [0.15, 0.2) is 0 Å². The molecule has 0 saturated carbocycles. The third-order valence-electron chi connectivity index (χ3n) is 5.46.